The molecular weight excluding hydrogens is 635 g/mol. The van der Waals surface area contributed by atoms with Gasteiger partial charge in [-0.15, -0.1) is 5.10 Å². The standard InChI is InChI=1S/C31H30ClFN8O6/c1-40(2)15-16-47-31(46)36-22-7-3-19(4-8-22)17-25(29(43)35-21-9-5-20(6-10-21)30(44)45)37-27(42)14-11-23-26(41-18-34-38-39-41)13-12-24(32)28(23)33/h3-14,18,25H,15-17H2,1-2H3,(H,35,43)(H,36,46)(H,37,42)(H,44,45)/b14-11+. The molecular formula is C31H30ClFN8O6. The van der Waals surface area contributed by atoms with Crippen LogP contribution in [0.4, 0.5) is 20.6 Å². The highest BCUT2D eigenvalue weighted by Gasteiger charge is 2.22. The van der Waals surface area contributed by atoms with Crippen molar-refractivity contribution < 1.29 is 33.4 Å². The normalized spacial score (nSPS) is 11.7. The fourth-order valence-corrected chi connectivity index (χ4v) is 4.30. The highest BCUT2D eigenvalue weighted by atomic mass is 35.5. The first-order valence-electron chi connectivity index (χ1n) is 14.0. The maximum atomic E-state index is 15.0. The fraction of sp³-hybridized carbons (Fsp3) is 0.194. The number of aromatic nitrogens is 4. The summed E-state index contributed by atoms with van der Waals surface area (Å²) in [6.07, 6.45) is 2.88. The minimum atomic E-state index is -1.13. The van der Waals surface area contributed by atoms with Gasteiger partial charge in [0.25, 0.3) is 0 Å². The molecule has 3 aromatic carbocycles. The third-order valence-corrected chi connectivity index (χ3v) is 6.84. The van der Waals surface area contributed by atoms with Crippen LogP contribution in [0.15, 0.2) is 73.1 Å². The Balaban J connectivity index is 1.51. The molecule has 0 saturated carbocycles. The van der Waals surface area contributed by atoms with Crippen LogP contribution in [-0.4, -0.2) is 87.4 Å². The van der Waals surface area contributed by atoms with Crippen LogP contribution in [0.25, 0.3) is 11.8 Å². The molecule has 4 rings (SSSR count). The van der Waals surface area contributed by atoms with Crippen molar-refractivity contribution in [2.45, 2.75) is 12.5 Å². The van der Waals surface area contributed by atoms with Crippen LogP contribution >= 0.6 is 11.6 Å². The Morgan fingerprint density at radius 2 is 1.70 bits per heavy atom. The van der Waals surface area contributed by atoms with Gasteiger partial charge in [0.1, 0.15) is 19.0 Å². The highest BCUT2D eigenvalue weighted by molar-refractivity contribution is 6.31. The zero-order valence-electron chi connectivity index (χ0n) is 25.2. The van der Waals surface area contributed by atoms with Crippen molar-refractivity contribution in [3.63, 3.8) is 0 Å². The number of carbonyl (C=O) groups excluding carboxylic acids is 3. The number of carboxylic acid groups (broad SMARTS) is 1. The SMILES string of the molecule is CN(C)CCOC(=O)Nc1ccc(CC(NC(=O)/C=C/c2c(-n3cnnn3)ccc(Cl)c2F)C(=O)Nc2ccc(C(=O)O)cc2)cc1. The third-order valence-electron chi connectivity index (χ3n) is 6.55. The van der Waals surface area contributed by atoms with E-state index in [1.54, 1.807) is 24.3 Å². The predicted molar refractivity (Wildman–Crippen MR) is 171 cm³/mol. The first-order chi connectivity index (χ1) is 22.5. The number of rotatable bonds is 13. The summed E-state index contributed by atoms with van der Waals surface area (Å²) < 4.78 is 21.3. The molecule has 14 nitrogen and oxygen atoms in total. The summed E-state index contributed by atoms with van der Waals surface area (Å²) in [5.41, 5.74) is 1.57. The molecule has 0 aliphatic carbocycles. The lowest BCUT2D eigenvalue weighted by molar-refractivity contribution is -0.123. The van der Waals surface area contributed by atoms with Gasteiger partial charge in [-0.05, 0) is 84.7 Å². The zero-order chi connectivity index (χ0) is 33.9. The van der Waals surface area contributed by atoms with E-state index >= 15 is 0 Å². The molecule has 0 radical (unpaired) electrons. The molecule has 4 aromatic rings. The molecule has 0 aliphatic rings. The van der Waals surface area contributed by atoms with Crippen molar-refractivity contribution in [2.24, 2.45) is 0 Å². The quantitative estimate of drug-likeness (QED) is 0.154. The number of amides is 3. The van der Waals surface area contributed by atoms with Gasteiger partial charge in [0, 0.05) is 36.0 Å². The molecule has 0 saturated heterocycles. The van der Waals surface area contributed by atoms with Gasteiger partial charge in [0.15, 0.2) is 5.82 Å². The van der Waals surface area contributed by atoms with Crippen molar-refractivity contribution >= 4 is 52.9 Å². The molecule has 0 aliphatic heterocycles. The van der Waals surface area contributed by atoms with Crippen molar-refractivity contribution in [2.75, 3.05) is 37.9 Å². The number of carbonyl (C=O) groups is 4. The summed E-state index contributed by atoms with van der Waals surface area (Å²) in [4.78, 5) is 51.6. The number of hydrogen-bond donors (Lipinski definition) is 4. The van der Waals surface area contributed by atoms with Crippen LogP contribution in [0.3, 0.4) is 0 Å². The number of carboxylic acids is 1. The van der Waals surface area contributed by atoms with Crippen LogP contribution in [0.5, 0.6) is 0 Å². The summed E-state index contributed by atoms with van der Waals surface area (Å²) in [5.74, 6) is -3.27. The number of ether oxygens (including phenoxy) is 1. The summed E-state index contributed by atoms with van der Waals surface area (Å²) in [6.45, 7) is 0.777. The molecule has 244 valence electrons. The summed E-state index contributed by atoms with van der Waals surface area (Å²) in [7, 11) is 3.71. The average Bonchev–Trinajstić information content (AvgIpc) is 3.57. The van der Waals surface area contributed by atoms with Crippen LogP contribution in [0.1, 0.15) is 21.5 Å². The van der Waals surface area contributed by atoms with Crippen molar-refractivity contribution in [1.29, 1.82) is 0 Å². The Morgan fingerprint density at radius 3 is 2.34 bits per heavy atom. The van der Waals surface area contributed by atoms with E-state index in [2.05, 4.69) is 31.5 Å². The van der Waals surface area contributed by atoms with E-state index in [1.807, 2.05) is 19.0 Å². The number of benzene rings is 3. The molecule has 1 aromatic heterocycles. The highest BCUT2D eigenvalue weighted by Crippen LogP contribution is 2.25. The second kappa shape index (κ2) is 16.1. The predicted octanol–water partition coefficient (Wildman–Crippen LogP) is 3.64. The second-order valence-corrected chi connectivity index (χ2v) is 10.7. The van der Waals surface area contributed by atoms with Gasteiger partial charge in [0.2, 0.25) is 11.8 Å². The minimum absolute atomic E-state index is 0.0214. The molecule has 16 heteroatoms. The first-order valence-corrected chi connectivity index (χ1v) is 14.4. The van der Waals surface area contributed by atoms with E-state index in [0.717, 1.165) is 6.08 Å². The Bertz CT molecular complexity index is 1750. The van der Waals surface area contributed by atoms with Gasteiger partial charge in [-0.3, -0.25) is 14.9 Å². The molecule has 3 amide bonds. The number of hydrogen-bond acceptors (Lipinski definition) is 9. The summed E-state index contributed by atoms with van der Waals surface area (Å²) >= 11 is 5.97. The van der Waals surface area contributed by atoms with E-state index in [9.17, 15) is 23.6 Å². The van der Waals surface area contributed by atoms with Crippen LogP contribution in [-0.2, 0) is 20.7 Å². The number of tetrazole rings is 1. The Labute approximate surface area is 273 Å². The van der Waals surface area contributed by atoms with E-state index in [-0.39, 0.29) is 34.9 Å². The minimum Gasteiger partial charge on any atom is -0.478 e. The second-order valence-electron chi connectivity index (χ2n) is 10.3. The van der Waals surface area contributed by atoms with Gasteiger partial charge >= 0.3 is 12.1 Å². The number of nitrogens with zero attached hydrogens (tertiary/aromatic N) is 5. The van der Waals surface area contributed by atoms with Crippen LogP contribution in [0.2, 0.25) is 5.02 Å². The lowest BCUT2D eigenvalue weighted by Gasteiger charge is -2.18. The van der Waals surface area contributed by atoms with E-state index < -0.39 is 35.7 Å². The number of nitrogens with one attached hydrogen (secondary N) is 3. The molecule has 0 bridgehead atoms. The van der Waals surface area contributed by atoms with Crippen LogP contribution in [0, 0.1) is 5.82 Å². The van der Waals surface area contributed by atoms with Gasteiger partial charge in [-0.2, -0.15) is 4.68 Å². The maximum Gasteiger partial charge on any atom is 0.411 e. The van der Waals surface area contributed by atoms with Gasteiger partial charge in [-0.1, -0.05) is 23.7 Å². The first kappa shape index (κ1) is 34.2. The Hall–Kier alpha value is -5.67. The molecule has 1 unspecified atom stereocenters. The number of halogens is 2. The Morgan fingerprint density at radius 1 is 1.02 bits per heavy atom. The van der Waals surface area contributed by atoms with Gasteiger partial charge in [-0.25, -0.2) is 14.0 Å². The molecule has 47 heavy (non-hydrogen) atoms. The van der Waals surface area contributed by atoms with E-state index in [1.165, 1.54) is 53.5 Å². The van der Waals surface area contributed by atoms with Crippen LogP contribution < -0.4 is 16.0 Å². The topological polar surface area (TPSA) is 181 Å². The largest absolute Gasteiger partial charge is 0.478 e. The molecule has 0 spiro atoms. The molecule has 4 N–H and O–H groups in total. The van der Waals surface area contributed by atoms with Gasteiger partial charge < -0.3 is 25.4 Å². The lowest BCUT2D eigenvalue weighted by Crippen LogP contribution is -2.44. The van der Waals surface area contributed by atoms with Crippen molar-refractivity contribution in [3.05, 3.63) is 101 Å². The zero-order valence-corrected chi connectivity index (χ0v) is 25.9. The van der Waals surface area contributed by atoms with E-state index in [0.29, 0.717) is 23.5 Å². The fourth-order valence-electron chi connectivity index (χ4n) is 4.13. The summed E-state index contributed by atoms with van der Waals surface area (Å²) in [6, 6.07) is 13.7. The maximum absolute atomic E-state index is 15.0. The lowest BCUT2D eigenvalue weighted by atomic mass is 10.0. The monoisotopic (exact) mass is 664 g/mol. The average molecular weight is 665 g/mol. The molecule has 1 atom stereocenters. The number of likely N-dealkylation sites (N-methyl/N-ethyl adjacent to an activating group) is 1. The molecule has 1 heterocycles. The third kappa shape index (κ3) is 9.91. The molecule has 0 fully saturated rings. The van der Waals surface area contributed by atoms with E-state index in [4.69, 9.17) is 21.4 Å². The Kier molecular flexibility index (Phi) is 11.7. The smallest absolute Gasteiger partial charge is 0.411 e. The van der Waals surface area contributed by atoms with Gasteiger partial charge in [0.05, 0.1) is 16.3 Å². The van der Waals surface area contributed by atoms with Crippen molar-refractivity contribution in [3.8, 4) is 5.69 Å². The van der Waals surface area contributed by atoms with Crippen molar-refractivity contribution in [1.82, 2.24) is 30.4 Å². The number of aromatic carboxylic acids is 1. The summed E-state index contributed by atoms with van der Waals surface area (Å²) in [5, 5.41) is 27.7. The number of anilines is 2.